The second kappa shape index (κ2) is 10.3. The number of amides is 1. The first-order valence-corrected chi connectivity index (χ1v) is 12.2. The Bertz CT molecular complexity index is 1070. The number of carbonyl (C=O) groups excluding carboxylic acids is 2. The number of hydrogen-bond acceptors (Lipinski definition) is 5. The van der Waals surface area contributed by atoms with Crippen molar-refractivity contribution < 1.29 is 22.7 Å². The molecule has 2 aromatic rings. The lowest BCUT2D eigenvalue weighted by molar-refractivity contribution is -0.153. The average Bonchev–Trinajstić information content (AvgIpc) is 2.79. The van der Waals surface area contributed by atoms with Gasteiger partial charge in [0, 0.05) is 6.54 Å². The molecule has 2 atom stereocenters. The van der Waals surface area contributed by atoms with Gasteiger partial charge in [-0.05, 0) is 68.9 Å². The molecule has 8 heteroatoms. The molecule has 172 valence electrons. The Hall–Kier alpha value is -2.71. The van der Waals surface area contributed by atoms with Crippen LogP contribution in [0.15, 0.2) is 53.4 Å². The largest absolute Gasteiger partial charge is 0.454 e. The third kappa shape index (κ3) is 5.55. The van der Waals surface area contributed by atoms with E-state index in [1.807, 2.05) is 39.0 Å². The molecule has 1 amide bonds. The van der Waals surface area contributed by atoms with Crippen LogP contribution in [0.4, 0.5) is 0 Å². The molecule has 0 aromatic heterocycles. The van der Waals surface area contributed by atoms with E-state index in [4.69, 9.17) is 4.74 Å². The highest BCUT2D eigenvalue weighted by Crippen LogP contribution is 2.26. The van der Waals surface area contributed by atoms with Gasteiger partial charge in [-0.25, -0.2) is 8.42 Å². The van der Waals surface area contributed by atoms with E-state index in [0.717, 1.165) is 17.5 Å². The number of carbonyl (C=O) groups is 2. The molecule has 3 rings (SSSR count). The summed E-state index contributed by atoms with van der Waals surface area (Å²) in [6.07, 6.45) is 1.76. The summed E-state index contributed by atoms with van der Waals surface area (Å²) in [5.41, 5.74) is 3.26. The van der Waals surface area contributed by atoms with Crippen molar-refractivity contribution >= 4 is 21.9 Å². The van der Waals surface area contributed by atoms with E-state index in [1.54, 1.807) is 18.2 Å². The number of hydrogen-bond donors (Lipinski definition) is 1. The van der Waals surface area contributed by atoms with Gasteiger partial charge in [0.15, 0.2) is 6.61 Å². The highest BCUT2D eigenvalue weighted by atomic mass is 32.2. The lowest BCUT2D eigenvalue weighted by Gasteiger charge is -2.33. The third-order valence-corrected chi connectivity index (χ3v) is 7.75. The first kappa shape index (κ1) is 23.9. The van der Waals surface area contributed by atoms with E-state index in [0.29, 0.717) is 12.8 Å². The lowest BCUT2D eigenvalue weighted by atomic mass is 10.0. The second-order valence-corrected chi connectivity index (χ2v) is 10.1. The summed E-state index contributed by atoms with van der Waals surface area (Å²) >= 11 is 0. The van der Waals surface area contributed by atoms with E-state index in [2.05, 4.69) is 5.32 Å². The molecule has 1 N–H and O–H groups in total. The number of nitrogens with zero attached hydrogens (tertiary/aromatic N) is 1. The van der Waals surface area contributed by atoms with Gasteiger partial charge in [-0.2, -0.15) is 4.31 Å². The fourth-order valence-corrected chi connectivity index (χ4v) is 5.46. The number of nitrogens with one attached hydrogen (secondary N) is 1. The maximum atomic E-state index is 13.0. The molecule has 1 aliphatic heterocycles. The van der Waals surface area contributed by atoms with Crippen LogP contribution in [-0.4, -0.2) is 43.8 Å². The van der Waals surface area contributed by atoms with E-state index >= 15 is 0 Å². The van der Waals surface area contributed by atoms with Crippen LogP contribution in [0.3, 0.4) is 0 Å². The Morgan fingerprint density at radius 3 is 2.50 bits per heavy atom. The lowest BCUT2D eigenvalue weighted by Crippen LogP contribution is -2.49. The molecule has 1 saturated heterocycles. The van der Waals surface area contributed by atoms with E-state index in [1.165, 1.54) is 22.0 Å². The summed E-state index contributed by atoms with van der Waals surface area (Å²) in [6, 6.07) is 12.8. The summed E-state index contributed by atoms with van der Waals surface area (Å²) < 4.78 is 32.5. The number of ether oxygens (including phenoxy) is 1. The molecule has 0 aliphatic carbocycles. The Morgan fingerprint density at radius 2 is 1.81 bits per heavy atom. The number of aryl methyl sites for hydroxylation is 2. The van der Waals surface area contributed by atoms with Gasteiger partial charge in [0.05, 0.1) is 10.9 Å². The summed E-state index contributed by atoms with van der Waals surface area (Å²) in [7, 11) is -3.83. The molecule has 0 bridgehead atoms. The van der Waals surface area contributed by atoms with Crippen molar-refractivity contribution in [3.8, 4) is 0 Å². The molecule has 1 aliphatic rings. The minimum absolute atomic E-state index is 0.139. The van der Waals surface area contributed by atoms with Gasteiger partial charge < -0.3 is 10.1 Å². The Morgan fingerprint density at radius 1 is 1.09 bits per heavy atom. The van der Waals surface area contributed by atoms with E-state index in [-0.39, 0.29) is 17.5 Å². The van der Waals surface area contributed by atoms with Gasteiger partial charge in [0.2, 0.25) is 10.0 Å². The van der Waals surface area contributed by atoms with Crippen LogP contribution >= 0.6 is 0 Å². The van der Waals surface area contributed by atoms with Crippen molar-refractivity contribution in [3.05, 3.63) is 65.2 Å². The molecule has 0 spiro atoms. The minimum atomic E-state index is -3.83. The number of piperidine rings is 1. The molecule has 1 fully saturated rings. The maximum Gasteiger partial charge on any atom is 0.324 e. The Kier molecular flexibility index (Phi) is 7.69. The molecular formula is C24H30N2O5S. The summed E-state index contributed by atoms with van der Waals surface area (Å²) in [6.45, 7) is 5.68. The van der Waals surface area contributed by atoms with Crippen LogP contribution in [0.25, 0.3) is 0 Å². The fourth-order valence-electron chi connectivity index (χ4n) is 3.79. The van der Waals surface area contributed by atoms with Crippen molar-refractivity contribution in [1.29, 1.82) is 0 Å². The number of benzene rings is 2. The SMILES string of the molecule is Cc1ccc(C(C)NC(=O)COC(=O)C2CCCCN2S(=O)(=O)c2ccccc2)cc1C. The van der Waals surface area contributed by atoms with Gasteiger partial charge in [0.1, 0.15) is 6.04 Å². The molecule has 0 saturated carbocycles. The van der Waals surface area contributed by atoms with Crippen LogP contribution in [0, 0.1) is 13.8 Å². The second-order valence-electron chi connectivity index (χ2n) is 8.18. The van der Waals surface area contributed by atoms with Gasteiger partial charge in [-0.1, -0.05) is 36.4 Å². The molecule has 1 heterocycles. The molecular weight excluding hydrogens is 428 g/mol. The topological polar surface area (TPSA) is 92.8 Å². The smallest absolute Gasteiger partial charge is 0.324 e. The first-order chi connectivity index (χ1) is 15.2. The van der Waals surface area contributed by atoms with Crippen LogP contribution in [0.1, 0.15) is 48.9 Å². The van der Waals surface area contributed by atoms with Crippen LogP contribution in [-0.2, 0) is 24.3 Å². The van der Waals surface area contributed by atoms with Crippen molar-refractivity contribution in [2.45, 2.75) is 57.0 Å². The van der Waals surface area contributed by atoms with Crippen molar-refractivity contribution in [3.63, 3.8) is 0 Å². The Balaban J connectivity index is 1.61. The van der Waals surface area contributed by atoms with Gasteiger partial charge >= 0.3 is 5.97 Å². The number of rotatable bonds is 7. The first-order valence-electron chi connectivity index (χ1n) is 10.8. The predicted octanol–water partition coefficient (Wildman–Crippen LogP) is 3.27. The van der Waals surface area contributed by atoms with Crippen LogP contribution in [0.2, 0.25) is 0 Å². The summed E-state index contributed by atoms with van der Waals surface area (Å²) in [4.78, 5) is 25.2. The number of esters is 1. The van der Waals surface area contributed by atoms with Crippen molar-refractivity contribution in [1.82, 2.24) is 9.62 Å². The zero-order chi connectivity index (χ0) is 23.3. The zero-order valence-electron chi connectivity index (χ0n) is 18.7. The summed E-state index contributed by atoms with van der Waals surface area (Å²) in [5.74, 6) is -1.13. The van der Waals surface area contributed by atoms with Gasteiger partial charge in [0.25, 0.3) is 5.91 Å². The number of sulfonamides is 1. The highest BCUT2D eigenvalue weighted by molar-refractivity contribution is 7.89. The monoisotopic (exact) mass is 458 g/mol. The fraction of sp³-hybridized carbons (Fsp3) is 0.417. The predicted molar refractivity (Wildman–Crippen MR) is 121 cm³/mol. The highest BCUT2D eigenvalue weighted by Gasteiger charge is 2.38. The zero-order valence-corrected chi connectivity index (χ0v) is 19.5. The van der Waals surface area contributed by atoms with E-state index in [9.17, 15) is 18.0 Å². The van der Waals surface area contributed by atoms with Crippen molar-refractivity contribution in [2.75, 3.05) is 13.2 Å². The minimum Gasteiger partial charge on any atom is -0.454 e. The summed E-state index contributed by atoms with van der Waals surface area (Å²) in [5, 5.41) is 2.82. The molecule has 2 unspecified atom stereocenters. The Labute approximate surface area is 189 Å². The molecule has 7 nitrogen and oxygen atoms in total. The van der Waals surface area contributed by atoms with Crippen molar-refractivity contribution in [2.24, 2.45) is 0 Å². The standard InChI is InChI=1S/C24H30N2O5S/c1-17-12-13-20(15-18(17)2)19(3)25-23(27)16-31-24(28)22-11-7-8-14-26(22)32(29,30)21-9-5-4-6-10-21/h4-6,9-10,12-13,15,19,22H,7-8,11,14,16H2,1-3H3,(H,25,27). The molecule has 0 radical (unpaired) electrons. The van der Waals surface area contributed by atoms with Crippen LogP contribution < -0.4 is 5.32 Å². The maximum absolute atomic E-state index is 13.0. The quantitative estimate of drug-likeness (QED) is 0.643. The van der Waals surface area contributed by atoms with Gasteiger partial charge in [-0.15, -0.1) is 0 Å². The van der Waals surface area contributed by atoms with Gasteiger partial charge in [-0.3, -0.25) is 9.59 Å². The van der Waals surface area contributed by atoms with Crippen LogP contribution in [0.5, 0.6) is 0 Å². The van der Waals surface area contributed by atoms with E-state index < -0.39 is 34.5 Å². The third-order valence-electron chi connectivity index (χ3n) is 5.83. The molecule has 2 aromatic carbocycles. The normalized spacial score (nSPS) is 18.0. The average molecular weight is 459 g/mol. The molecule has 32 heavy (non-hydrogen) atoms.